The van der Waals surface area contributed by atoms with Crippen molar-refractivity contribution >= 4 is 22.5 Å². The van der Waals surface area contributed by atoms with E-state index in [0.717, 1.165) is 24.4 Å². The van der Waals surface area contributed by atoms with Crippen molar-refractivity contribution in [2.24, 2.45) is 0 Å². The maximum absolute atomic E-state index is 12.8. The number of methoxy groups -OCH3 is 1. The summed E-state index contributed by atoms with van der Waals surface area (Å²) in [5, 5.41) is 5.03. The largest absolute Gasteiger partial charge is 0.452 e. The number of carbonyl (C=O) groups excluding carboxylic acids is 2. The average molecular weight is 440 g/mol. The number of Topliss-reactive ketones (excluding diaryl/α,β-unsaturated/α-hetero) is 1. The number of fused-ring (bicyclic) bond motifs is 1. The Morgan fingerprint density at radius 2 is 1.81 bits per heavy atom. The van der Waals surface area contributed by atoms with Crippen molar-refractivity contribution in [3.8, 4) is 0 Å². The van der Waals surface area contributed by atoms with Crippen molar-refractivity contribution in [2.45, 2.75) is 46.7 Å². The summed E-state index contributed by atoms with van der Waals surface area (Å²) in [6.45, 7) is 7.11. The lowest BCUT2D eigenvalue weighted by atomic mass is 10.1. The van der Waals surface area contributed by atoms with Crippen LogP contribution in [0.2, 0.25) is 0 Å². The van der Waals surface area contributed by atoms with Gasteiger partial charge in [-0.3, -0.25) is 9.59 Å². The minimum absolute atomic E-state index is 0.0338. The van der Waals surface area contributed by atoms with Gasteiger partial charge in [0, 0.05) is 49.1 Å². The predicted octanol–water partition coefficient (Wildman–Crippen LogP) is 3.30. The van der Waals surface area contributed by atoms with Crippen LogP contribution in [0, 0.1) is 13.8 Å². The molecule has 3 rings (SSSR count). The van der Waals surface area contributed by atoms with E-state index >= 15 is 0 Å². The molecule has 2 heterocycles. The van der Waals surface area contributed by atoms with Gasteiger partial charge in [-0.25, -0.2) is 9.48 Å². The summed E-state index contributed by atoms with van der Waals surface area (Å²) in [6, 6.07) is 8.60. The molecule has 0 atom stereocenters. The van der Waals surface area contributed by atoms with Gasteiger partial charge in [0.15, 0.2) is 12.3 Å². The third-order valence-electron chi connectivity index (χ3n) is 5.44. The van der Waals surface area contributed by atoms with Crippen LogP contribution in [0.4, 0.5) is 0 Å². The van der Waals surface area contributed by atoms with Crippen LogP contribution in [-0.4, -0.2) is 46.4 Å². The molecule has 0 N–H and O–H groups in total. The first-order valence-electron chi connectivity index (χ1n) is 10.7. The maximum Gasteiger partial charge on any atom is 0.359 e. The molecule has 2 aromatic heterocycles. The number of esters is 1. The summed E-state index contributed by atoms with van der Waals surface area (Å²) in [5.41, 5.74) is 2.11. The molecule has 0 aliphatic heterocycles. The molecule has 0 amide bonds. The van der Waals surface area contributed by atoms with E-state index < -0.39 is 12.6 Å². The predicted molar refractivity (Wildman–Crippen MR) is 121 cm³/mol. The number of carbonyl (C=O) groups is 2. The lowest BCUT2D eigenvalue weighted by Crippen LogP contribution is -2.27. The fourth-order valence-electron chi connectivity index (χ4n) is 3.82. The minimum Gasteiger partial charge on any atom is -0.452 e. The van der Waals surface area contributed by atoms with E-state index in [1.54, 1.807) is 31.4 Å². The molecule has 0 unspecified atom stereocenters. The Morgan fingerprint density at radius 1 is 1.09 bits per heavy atom. The molecule has 0 saturated carbocycles. The molecule has 8 heteroatoms. The molecule has 170 valence electrons. The summed E-state index contributed by atoms with van der Waals surface area (Å²) in [6.07, 6.45) is 1.53. The number of aryl methyl sites for hydroxylation is 2. The van der Waals surface area contributed by atoms with Gasteiger partial charge < -0.3 is 14.0 Å². The number of ether oxygens (including phenoxy) is 2. The molecule has 0 bridgehead atoms. The van der Waals surface area contributed by atoms with Gasteiger partial charge >= 0.3 is 5.97 Å². The van der Waals surface area contributed by atoms with Crippen molar-refractivity contribution in [1.29, 1.82) is 0 Å². The van der Waals surface area contributed by atoms with E-state index in [-0.39, 0.29) is 17.0 Å². The van der Waals surface area contributed by atoms with Crippen LogP contribution in [0.3, 0.4) is 0 Å². The monoisotopic (exact) mass is 439 g/mol. The molecule has 1 aromatic carbocycles. The van der Waals surface area contributed by atoms with E-state index in [0.29, 0.717) is 35.9 Å². The minimum atomic E-state index is -0.728. The van der Waals surface area contributed by atoms with Gasteiger partial charge in [0.05, 0.1) is 5.39 Å². The van der Waals surface area contributed by atoms with Gasteiger partial charge in [-0.2, -0.15) is 5.10 Å². The van der Waals surface area contributed by atoms with Crippen LogP contribution in [0.1, 0.15) is 52.0 Å². The number of nitrogens with zero attached hydrogens (tertiary/aromatic N) is 3. The van der Waals surface area contributed by atoms with Crippen molar-refractivity contribution < 1.29 is 19.1 Å². The first kappa shape index (κ1) is 23.4. The fraction of sp³-hybridized carbons (Fsp3) is 0.417. The average Bonchev–Trinajstić information content (AvgIpc) is 3.08. The lowest BCUT2D eigenvalue weighted by molar-refractivity contribution is 0.0468. The third kappa shape index (κ3) is 4.80. The van der Waals surface area contributed by atoms with Gasteiger partial charge in [0.25, 0.3) is 5.56 Å². The Morgan fingerprint density at radius 3 is 2.50 bits per heavy atom. The smallest absolute Gasteiger partial charge is 0.359 e. The van der Waals surface area contributed by atoms with E-state index in [1.807, 2.05) is 26.8 Å². The summed E-state index contributed by atoms with van der Waals surface area (Å²) in [7, 11) is 1.66. The maximum atomic E-state index is 12.8. The molecule has 0 radical (unpaired) electrons. The summed E-state index contributed by atoms with van der Waals surface area (Å²) in [4.78, 5) is 38.2. The first-order valence-corrected chi connectivity index (χ1v) is 10.7. The zero-order valence-corrected chi connectivity index (χ0v) is 19.0. The molecule has 3 aromatic rings. The van der Waals surface area contributed by atoms with E-state index in [9.17, 15) is 14.4 Å². The highest BCUT2D eigenvalue weighted by atomic mass is 16.5. The van der Waals surface area contributed by atoms with Crippen LogP contribution in [0.5, 0.6) is 0 Å². The standard InChI is InChI=1S/C24H29N3O5/c1-5-11-27-23(29)19-10-7-6-9-18(19)22(25-27)24(30)32-15-21(28)20-14-16(2)26(17(20)3)12-8-13-31-4/h6-7,9-10,14H,5,8,11-13,15H2,1-4H3. The first-order chi connectivity index (χ1) is 15.4. The van der Waals surface area contributed by atoms with Crippen LogP contribution < -0.4 is 5.56 Å². The Kier molecular flexibility index (Phi) is 7.58. The van der Waals surface area contributed by atoms with Crippen LogP contribution in [-0.2, 0) is 22.6 Å². The van der Waals surface area contributed by atoms with Gasteiger partial charge in [-0.15, -0.1) is 0 Å². The Balaban J connectivity index is 1.80. The van der Waals surface area contributed by atoms with Gasteiger partial charge in [-0.05, 0) is 38.8 Å². The fourth-order valence-corrected chi connectivity index (χ4v) is 3.82. The second-order valence-electron chi connectivity index (χ2n) is 7.70. The zero-order chi connectivity index (χ0) is 23.3. The molecular weight excluding hydrogens is 410 g/mol. The van der Waals surface area contributed by atoms with Crippen LogP contribution in [0.15, 0.2) is 35.1 Å². The van der Waals surface area contributed by atoms with Crippen molar-refractivity contribution in [1.82, 2.24) is 14.3 Å². The SMILES string of the molecule is CCCn1nc(C(=O)OCC(=O)c2cc(C)n(CCCOC)c2C)c2ccccc2c1=O. The lowest BCUT2D eigenvalue weighted by Gasteiger charge is -2.11. The highest BCUT2D eigenvalue weighted by Crippen LogP contribution is 2.18. The molecule has 0 saturated heterocycles. The van der Waals surface area contributed by atoms with Crippen molar-refractivity contribution in [3.63, 3.8) is 0 Å². The van der Waals surface area contributed by atoms with Gasteiger partial charge in [0.1, 0.15) is 0 Å². The number of hydrogen-bond donors (Lipinski definition) is 0. The van der Waals surface area contributed by atoms with E-state index in [2.05, 4.69) is 9.67 Å². The molecular formula is C24H29N3O5. The number of hydrogen-bond acceptors (Lipinski definition) is 6. The number of rotatable bonds is 10. The summed E-state index contributed by atoms with van der Waals surface area (Å²) in [5.74, 6) is -1.01. The molecule has 8 nitrogen and oxygen atoms in total. The summed E-state index contributed by atoms with van der Waals surface area (Å²) < 4.78 is 13.8. The molecule has 0 aliphatic carbocycles. The zero-order valence-electron chi connectivity index (χ0n) is 19.0. The second-order valence-corrected chi connectivity index (χ2v) is 7.70. The number of benzene rings is 1. The van der Waals surface area contributed by atoms with Crippen LogP contribution in [0.25, 0.3) is 10.8 Å². The third-order valence-corrected chi connectivity index (χ3v) is 5.44. The van der Waals surface area contributed by atoms with Gasteiger partial charge in [-0.1, -0.05) is 25.1 Å². The van der Waals surface area contributed by atoms with Crippen LogP contribution >= 0.6 is 0 Å². The highest BCUT2D eigenvalue weighted by molar-refractivity contribution is 6.04. The quantitative estimate of drug-likeness (QED) is 0.273. The van der Waals surface area contributed by atoms with Crippen molar-refractivity contribution in [3.05, 3.63) is 63.3 Å². The number of ketones is 1. The number of aromatic nitrogens is 3. The Labute approximate surface area is 186 Å². The molecule has 0 spiro atoms. The Hall–Kier alpha value is -3.26. The van der Waals surface area contributed by atoms with Gasteiger partial charge in [0.2, 0.25) is 5.78 Å². The highest BCUT2D eigenvalue weighted by Gasteiger charge is 2.21. The van der Waals surface area contributed by atoms with E-state index in [4.69, 9.17) is 9.47 Å². The molecule has 0 fully saturated rings. The molecule has 32 heavy (non-hydrogen) atoms. The Bertz CT molecular complexity index is 1190. The normalized spacial score (nSPS) is 11.1. The summed E-state index contributed by atoms with van der Waals surface area (Å²) >= 11 is 0. The van der Waals surface area contributed by atoms with Crippen molar-refractivity contribution in [2.75, 3.05) is 20.3 Å². The second kappa shape index (κ2) is 10.4. The topological polar surface area (TPSA) is 92.4 Å². The molecule has 0 aliphatic rings. The van der Waals surface area contributed by atoms with E-state index in [1.165, 1.54) is 4.68 Å².